The van der Waals surface area contributed by atoms with E-state index in [0.717, 1.165) is 25.9 Å². The molecule has 3 rings (SSSR count). The first-order valence-electron chi connectivity index (χ1n) is 9.43. The second-order valence-corrected chi connectivity index (χ2v) is 6.87. The van der Waals surface area contributed by atoms with Gasteiger partial charge in [0.05, 0.1) is 7.11 Å². The van der Waals surface area contributed by atoms with Crippen molar-refractivity contribution in [3.63, 3.8) is 0 Å². The number of carbonyl (C=O) groups is 1. The Bertz CT molecular complexity index is 823. The van der Waals surface area contributed by atoms with Gasteiger partial charge >= 0.3 is 0 Å². The monoisotopic (exact) mass is 387 g/mol. The molecule has 0 atom stereocenters. The van der Waals surface area contributed by atoms with Crippen molar-refractivity contribution in [2.24, 2.45) is 11.7 Å². The standard InChI is InChI=1S/C21H26FN3O3/c1-27-19-3-2-16(21(26)25-13-14-4-6-24-7-5-14)10-20(19)28-18-9-15(12-23)8-17(22)11-18/h2-3,8-11,14,24H,4-7,12-13,23H2,1H3,(H,25,26). The van der Waals surface area contributed by atoms with E-state index in [1.165, 1.54) is 19.2 Å². The van der Waals surface area contributed by atoms with Gasteiger partial charge in [0.1, 0.15) is 11.6 Å². The molecule has 7 heteroatoms. The summed E-state index contributed by atoms with van der Waals surface area (Å²) >= 11 is 0. The molecule has 0 bridgehead atoms. The highest BCUT2D eigenvalue weighted by Gasteiger charge is 2.16. The fourth-order valence-corrected chi connectivity index (χ4v) is 3.25. The van der Waals surface area contributed by atoms with Gasteiger partial charge in [0.25, 0.3) is 5.91 Å². The zero-order valence-electron chi connectivity index (χ0n) is 16.0. The van der Waals surface area contributed by atoms with E-state index in [-0.39, 0.29) is 12.5 Å². The van der Waals surface area contributed by atoms with Gasteiger partial charge in [-0.25, -0.2) is 4.39 Å². The van der Waals surface area contributed by atoms with E-state index in [2.05, 4.69) is 10.6 Å². The average molecular weight is 387 g/mol. The number of nitrogens with two attached hydrogens (primary N) is 1. The van der Waals surface area contributed by atoms with Gasteiger partial charge in [-0.05, 0) is 67.7 Å². The second-order valence-electron chi connectivity index (χ2n) is 6.87. The number of amides is 1. The Labute approximate surface area is 164 Å². The van der Waals surface area contributed by atoms with Crippen molar-refractivity contribution in [2.75, 3.05) is 26.7 Å². The molecule has 1 aliphatic heterocycles. The fraction of sp³-hybridized carbons (Fsp3) is 0.381. The minimum absolute atomic E-state index is 0.173. The molecule has 28 heavy (non-hydrogen) atoms. The summed E-state index contributed by atoms with van der Waals surface area (Å²) in [6.45, 7) is 2.82. The van der Waals surface area contributed by atoms with Gasteiger partial charge < -0.3 is 25.8 Å². The van der Waals surface area contributed by atoms with Crippen LogP contribution in [-0.4, -0.2) is 32.7 Å². The predicted molar refractivity (Wildman–Crippen MR) is 105 cm³/mol. The highest BCUT2D eigenvalue weighted by molar-refractivity contribution is 5.94. The van der Waals surface area contributed by atoms with Crippen molar-refractivity contribution in [1.82, 2.24) is 10.6 Å². The van der Waals surface area contributed by atoms with E-state index in [4.69, 9.17) is 15.2 Å². The third kappa shape index (κ3) is 5.21. The van der Waals surface area contributed by atoms with Crippen LogP contribution in [-0.2, 0) is 6.54 Å². The molecular formula is C21H26FN3O3. The van der Waals surface area contributed by atoms with Gasteiger partial charge in [-0.3, -0.25) is 4.79 Å². The van der Waals surface area contributed by atoms with E-state index < -0.39 is 5.82 Å². The molecule has 1 heterocycles. The third-order valence-corrected chi connectivity index (χ3v) is 4.83. The van der Waals surface area contributed by atoms with Crippen LogP contribution in [0.4, 0.5) is 4.39 Å². The number of hydrogen-bond donors (Lipinski definition) is 3. The van der Waals surface area contributed by atoms with Crippen LogP contribution >= 0.6 is 0 Å². The number of rotatable bonds is 7. The number of benzene rings is 2. The summed E-state index contributed by atoms with van der Waals surface area (Å²) in [6, 6.07) is 9.23. The van der Waals surface area contributed by atoms with Crippen LogP contribution in [0.15, 0.2) is 36.4 Å². The first-order valence-corrected chi connectivity index (χ1v) is 9.43. The third-order valence-electron chi connectivity index (χ3n) is 4.83. The molecule has 1 aliphatic rings. The van der Waals surface area contributed by atoms with Gasteiger partial charge in [0.15, 0.2) is 11.5 Å². The lowest BCUT2D eigenvalue weighted by atomic mass is 9.98. The summed E-state index contributed by atoms with van der Waals surface area (Å²) in [4.78, 5) is 12.5. The maximum absolute atomic E-state index is 13.7. The topological polar surface area (TPSA) is 85.6 Å². The lowest BCUT2D eigenvalue weighted by Gasteiger charge is -2.22. The molecule has 150 valence electrons. The largest absolute Gasteiger partial charge is 0.493 e. The molecule has 1 fully saturated rings. The molecule has 0 aliphatic carbocycles. The Morgan fingerprint density at radius 2 is 2.00 bits per heavy atom. The predicted octanol–water partition coefficient (Wildman–Crippen LogP) is 2.81. The Morgan fingerprint density at radius 1 is 1.21 bits per heavy atom. The van der Waals surface area contributed by atoms with Gasteiger partial charge in [-0.15, -0.1) is 0 Å². The summed E-state index contributed by atoms with van der Waals surface area (Å²) < 4.78 is 24.9. The Morgan fingerprint density at radius 3 is 2.71 bits per heavy atom. The highest BCUT2D eigenvalue weighted by atomic mass is 19.1. The SMILES string of the molecule is COc1ccc(C(=O)NCC2CCNCC2)cc1Oc1cc(F)cc(CN)c1. The summed E-state index contributed by atoms with van der Waals surface area (Å²) in [6.07, 6.45) is 2.11. The Kier molecular flexibility index (Phi) is 6.84. The van der Waals surface area contributed by atoms with Crippen molar-refractivity contribution in [3.8, 4) is 17.2 Å². The average Bonchev–Trinajstić information content (AvgIpc) is 2.72. The molecule has 2 aromatic rings. The highest BCUT2D eigenvalue weighted by Crippen LogP contribution is 2.33. The number of halogens is 1. The maximum atomic E-state index is 13.7. The van der Waals surface area contributed by atoms with Crippen molar-refractivity contribution in [3.05, 3.63) is 53.3 Å². The van der Waals surface area contributed by atoms with Crippen LogP contribution in [0, 0.1) is 11.7 Å². The quantitative estimate of drug-likeness (QED) is 0.680. The van der Waals surface area contributed by atoms with E-state index in [1.807, 2.05) is 0 Å². The maximum Gasteiger partial charge on any atom is 0.251 e. The molecule has 0 radical (unpaired) electrons. The minimum Gasteiger partial charge on any atom is -0.493 e. The van der Waals surface area contributed by atoms with E-state index >= 15 is 0 Å². The smallest absolute Gasteiger partial charge is 0.251 e. The Balaban J connectivity index is 1.74. The number of nitrogens with one attached hydrogen (secondary N) is 2. The number of hydrogen-bond acceptors (Lipinski definition) is 5. The normalized spacial score (nSPS) is 14.5. The van der Waals surface area contributed by atoms with Crippen LogP contribution < -0.4 is 25.8 Å². The molecule has 2 aromatic carbocycles. The molecule has 1 amide bonds. The van der Waals surface area contributed by atoms with Crippen molar-refractivity contribution in [2.45, 2.75) is 19.4 Å². The number of ether oxygens (including phenoxy) is 2. The summed E-state index contributed by atoms with van der Waals surface area (Å²) in [5.74, 6) is 0.965. The summed E-state index contributed by atoms with van der Waals surface area (Å²) in [7, 11) is 1.51. The summed E-state index contributed by atoms with van der Waals surface area (Å²) in [5, 5.41) is 6.30. The van der Waals surface area contributed by atoms with Gasteiger partial charge in [-0.1, -0.05) is 0 Å². The van der Waals surface area contributed by atoms with E-state index in [1.54, 1.807) is 24.3 Å². The molecule has 4 N–H and O–H groups in total. The summed E-state index contributed by atoms with van der Waals surface area (Å²) in [5.41, 5.74) is 6.67. The van der Waals surface area contributed by atoms with Crippen LogP contribution in [0.25, 0.3) is 0 Å². The van der Waals surface area contributed by atoms with Gasteiger partial charge in [-0.2, -0.15) is 0 Å². The molecule has 1 saturated heterocycles. The van der Waals surface area contributed by atoms with Crippen LogP contribution in [0.5, 0.6) is 17.2 Å². The molecule has 6 nitrogen and oxygen atoms in total. The fourth-order valence-electron chi connectivity index (χ4n) is 3.25. The molecule has 0 aromatic heterocycles. The van der Waals surface area contributed by atoms with E-state index in [9.17, 15) is 9.18 Å². The van der Waals surface area contributed by atoms with Crippen LogP contribution in [0.2, 0.25) is 0 Å². The lowest BCUT2D eigenvalue weighted by molar-refractivity contribution is 0.0944. The van der Waals surface area contributed by atoms with Crippen LogP contribution in [0.1, 0.15) is 28.8 Å². The molecule has 0 saturated carbocycles. The van der Waals surface area contributed by atoms with E-state index in [0.29, 0.717) is 40.8 Å². The second kappa shape index (κ2) is 9.52. The van der Waals surface area contributed by atoms with Gasteiger partial charge in [0.2, 0.25) is 0 Å². The Hall–Kier alpha value is -2.64. The number of methoxy groups -OCH3 is 1. The molecule has 0 unspecified atom stereocenters. The van der Waals surface area contributed by atoms with Crippen molar-refractivity contribution < 1.29 is 18.7 Å². The van der Waals surface area contributed by atoms with Crippen molar-refractivity contribution in [1.29, 1.82) is 0 Å². The number of piperidine rings is 1. The first-order chi connectivity index (χ1) is 13.6. The zero-order chi connectivity index (χ0) is 19.9. The van der Waals surface area contributed by atoms with Gasteiger partial charge in [0, 0.05) is 24.7 Å². The molecule has 0 spiro atoms. The van der Waals surface area contributed by atoms with Crippen molar-refractivity contribution >= 4 is 5.91 Å². The zero-order valence-corrected chi connectivity index (χ0v) is 16.0. The van der Waals surface area contributed by atoms with Crippen LogP contribution in [0.3, 0.4) is 0 Å². The first kappa shape index (κ1) is 20.1. The lowest BCUT2D eigenvalue weighted by Crippen LogP contribution is -2.35. The number of carbonyl (C=O) groups excluding carboxylic acids is 1. The molecular weight excluding hydrogens is 361 g/mol. The minimum atomic E-state index is -0.437.